The van der Waals surface area contributed by atoms with E-state index >= 15 is 0 Å². The van der Waals surface area contributed by atoms with Crippen LogP contribution >= 0.6 is 0 Å². The fraction of sp³-hybridized carbons (Fsp3) is 0.261. The van der Waals surface area contributed by atoms with Crippen molar-refractivity contribution in [3.8, 4) is 6.07 Å². The number of anilines is 1. The van der Waals surface area contributed by atoms with Gasteiger partial charge in [-0.05, 0) is 36.1 Å². The fourth-order valence-corrected chi connectivity index (χ4v) is 3.91. The standard InChI is InChI=1S/C23H21FN4O2/c24-19-6-3-5-16-14-18(26-23(30)22(16)19)8-9-21(29)28-12-10-27(11-13-28)20-7-2-1-4-17(20)15-25/h1-7,14H,8-13H2,(H,26,30). The molecule has 4 rings (SSSR count). The van der Waals surface area contributed by atoms with Crippen molar-refractivity contribution in [2.75, 3.05) is 31.1 Å². The van der Waals surface area contributed by atoms with Crippen LogP contribution in [0.3, 0.4) is 0 Å². The van der Waals surface area contributed by atoms with Gasteiger partial charge in [-0.1, -0.05) is 24.3 Å². The number of H-pyrrole nitrogens is 1. The maximum Gasteiger partial charge on any atom is 0.258 e. The SMILES string of the molecule is N#Cc1ccccc1N1CCN(C(=O)CCc2cc3cccc(F)c3c(=O)[nH]2)CC1. The second-order valence-electron chi connectivity index (χ2n) is 7.32. The second-order valence-corrected chi connectivity index (χ2v) is 7.32. The molecule has 3 aromatic rings. The van der Waals surface area contributed by atoms with Crippen LogP contribution < -0.4 is 10.5 Å². The smallest absolute Gasteiger partial charge is 0.258 e. The zero-order chi connectivity index (χ0) is 21.1. The number of nitrogens with one attached hydrogen (secondary N) is 1. The molecule has 1 aliphatic rings. The van der Waals surface area contributed by atoms with E-state index in [2.05, 4.69) is 16.0 Å². The van der Waals surface area contributed by atoms with Crippen LogP contribution in [0.25, 0.3) is 10.8 Å². The Morgan fingerprint density at radius 2 is 1.87 bits per heavy atom. The van der Waals surface area contributed by atoms with E-state index in [1.807, 2.05) is 23.1 Å². The number of aryl methyl sites for hydroxylation is 1. The molecule has 0 aliphatic carbocycles. The van der Waals surface area contributed by atoms with Gasteiger partial charge in [-0.2, -0.15) is 5.26 Å². The topological polar surface area (TPSA) is 80.2 Å². The van der Waals surface area contributed by atoms with Crippen LogP contribution in [0.2, 0.25) is 0 Å². The van der Waals surface area contributed by atoms with E-state index in [0.717, 1.165) is 5.69 Å². The molecule has 7 heteroatoms. The zero-order valence-corrected chi connectivity index (χ0v) is 16.4. The largest absolute Gasteiger partial charge is 0.367 e. The molecule has 1 N–H and O–H groups in total. The number of carbonyl (C=O) groups is 1. The van der Waals surface area contributed by atoms with E-state index in [1.165, 1.54) is 6.07 Å². The van der Waals surface area contributed by atoms with E-state index in [-0.39, 0.29) is 17.7 Å². The van der Waals surface area contributed by atoms with Crippen molar-refractivity contribution in [1.29, 1.82) is 5.26 Å². The molecular formula is C23H21FN4O2. The lowest BCUT2D eigenvalue weighted by atomic mass is 10.1. The quantitative estimate of drug-likeness (QED) is 0.725. The van der Waals surface area contributed by atoms with Crippen molar-refractivity contribution in [1.82, 2.24) is 9.88 Å². The van der Waals surface area contributed by atoms with Gasteiger partial charge in [0, 0.05) is 38.3 Å². The summed E-state index contributed by atoms with van der Waals surface area (Å²) < 4.78 is 13.8. The number of benzene rings is 2. The number of pyridine rings is 1. The number of hydrogen-bond donors (Lipinski definition) is 1. The van der Waals surface area contributed by atoms with Gasteiger partial charge in [-0.15, -0.1) is 0 Å². The molecule has 1 fully saturated rings. The lowest BCUT2D eigenvalue weighted by Gasteiger charge is -2.36. The summed E-state index contributed by atoms with van der Waals surface area (Å²) in [7, 11) is 0. The molecule has 0 saturated carbocycles. The number of nitrogens with zero attached hydrogens (tertiary/aromatic N) is 3. The molecule has 2 heterocycles. The minimum atomic E-state index is -0.549. The monoisotopic (exact) mass is 404 g/mol. The number of fused-ring (bicyclic) bond motifs is 1. The number of hydrogen-bond acceptors (Lipinski definition) is 4. The molecule has 1 saturated heterocycles. The average molecular weight is 404 g/mol. The number of amides is 1. The van der Waals surface area contributed by atoms with E-state index in [1.54, 1.807) is 24.3 Å². The van der Waals surface area contributed by atoms with E-state index in [9.17, 15) is 19.2 Å². The molecule has 0 radical (unpaired) electrons. The highest BCUT2D eigenvalue weighted by Gasteiger charge is 2.22. The third-order valence-corrected chi connectivity index (χ3v) is 5.48. The van der Waals surface area contributed by atoms with Gasteiger partial charge in [0.05, 0.1) is 16.6 Å². The Morgan fingerprint density at radius 3 is 2.63 bits per heavy atom. The van der Waals surface area contributed by atoms with Gasteiger partial charge in [0.2, 0.25) is 5.91 Å². The van der Waals surface area contributed by atoms with Crippen LogP contribution in [0.15, 0.2) is 53.3 Å². The zero-order valence-electron chi connectivity index (χ0n) is 16.4. The number of carbonyl (C=O) groups excluding carboxylic acids is 1. The summed E-state index contributed by atoms with van der Waals surface area (Å²) in [5, 5.41) is 9.86. The highest BCUT2D eigenvalue weighted by atomic mass is 19.1. The van der Waals surface area contributed by atoms with Crippen LogP contribution in [0.1, 0.15) is 17.7 Å². The first-order valence-corrected chi connectivity index (χ1v) is 9.89. The Morgan fingerprint density at radius 1 is 1.10 bits per heavy atom. The van der Waals surface area contributed by atoms with Crippen LogP contribution in [0.5, 0.6) is 0 Å². The molecule has 30 heavy (non-hydrogen) atoms. The summed E-state index contributed by atoms with van der Waals surface area (Å²) in [6, 6.07) is 15.9. The van der Waals surface area contributed by atoms with Crippen molar-refractivity contribution >= 4 is 22.4 Å². The van der Waals surface area contributed by atoms with Crippen LogP contribution in [-0.4, -0.2) is 42.0 Å². The predicted octanol–water partition coefficient (Wildman–Crippen LogP) is 2.82. The molecule has 6 nitrogen and oxygen atoms in total. The molecule has 0 unspecified atom stereocenters. The third-order valence-electron chi connectivity index (χ3n) is 5.48. The van der Waals surface area contributed by atoms with Gasteiger partial charge in [0.1, 0.15) is 11.9 Å². The Kier molecular flexibility index (Phi) is 5.48. The number of para-hydroxylation sites is 1. The first kappa shape index (κ1) is 19.6. The van der Waals surface area contributed by atoms with Crippen LogP contribution in [0, 0.1) is 17.1 Å². The predicted molar refractivity (Wildman–Crippen MR) is 113 cm³/mol. The van der Waals surface area contributed by atoms with Gasteiger partial charge in [0.25, 0.3) is 5.56 Å². The molecule has 2 aromatic carbocycles. The van der Waals surface area contributed by atoms with Crippen molar-refractivity contribution in [3.63, 3.8) is 0 Å². The van der Waals surface area contributed by atoms with Crippen molar-refractivity contribution < 1.29 is 9.18 Å². The van der Waals surface area contributed by atoms with Crippen LogP contribution in [-0.2, 0) is 11.2 Å². The highest BCUT2D eigenvalue weighted by molar-refractivity contribution is 5.82. The van der Waals surface area contributed by atoms with Gasteiger partial charge >= 0.3 is 0 Å². The Balaban J connectivity index is 1.37. The Hall–Kier alpha value is -3.66. The van der Waals surface area contributed by atoms with Gasteiger partial charge in [-0.3, -0.25) is 9.59 Å². The van der Waals surface area contributed by atoms with E-state index < -0.39 is 11.4 Å². The first-order valence-electron chi connectivity index (χ1n) is 9.89. The maximum absolute atomic E-state index is 13.8. The summed E-state index contributed by atoms with van der Waals surface area (Å²) in [5.41, 5.74) is 1.67. The summed E-state index contributed by atoms with van der Waals surface area (Å²) in [4.78, 5) is 31.4. The molecule has 1 aliphatic heterocycles. The minimum Gasteiger partial charge on any atom is -0.367 e. The lowest BCUT2D eigenvalue weighted by molar-refractivity contribution is -0.131. The number of rotatable bonds is 4. The molecule has 0 bridgehead atoms. The average Bonchev–Trinajstić information content (AvgIpc) is 2.77. The van der Waals surface area contributed by atoms with Gasteiger partial charge in [-0.25, -0.2) is 4.39 Å². The first-order chi connectivity index (χ1) is 14.6. The second kappa shape index (κ2) is 8.37. The van der Waals surface area contributed by atoms with E-state index in [0.29, 0.717) is 49.2 Å². The molecule has 1 aromatic heterocycles. The summed E-state index contributed by atoms with van der Waals surface area (Å²) in [6.07, 6.45) is 0.656. The normalized spacial score (nSPS) is 14.0. The fourth-order valence-electron chi connectivity index (χ4n) is 3.91. The van der Waals surface area contributed by atoms with Crippen molar-refractivity contribution in [2.45, 2.75) is 12.8 Å². The molecule has 0 atom stereocenters. The molecule has 152 valence electrons. The number of piperazine rings is 1. The number of nitriles is 1. The Labute approximate surface area is 173 Å². The third kappa shape index (κ3) is 3.90. The summed E-state index contributed by atoms with van der Waals surface area (Å²) >= 11 is 0. The highest BCUT2D eigenvalue weighted by Crippen LogP contribution is 2.21. The van der Waals surface area contributed by atoms with Gasteiger partial charge < -0.3 is 14.8 Å². The molecular weight excluding hydrogens is 383 g/mol. The summed E-state index contributed by atoms with van der Waals surface area (Å²) in [6.45, 7) is 2.49. The van der Waals surface area contributed by atoms with Crippen LogP contribution in [0.4, 0.5) is 10.1 Å². The van der Waals surface area contributed by atoms with Crippen molar-refractivity contribution in [3.05, 3.63) is 76.0 Å². The number of halogens is 1. The number of aromatic amines is 1. The maximum atomic E-state index is 13.8. The number of aromatic nitrogens is 1. The Bertz CT molecular complexity index is 1190. The van der Waals surface area contributed by atoms with E-state index in [4.69, 9.17) is 0 Å². The lowest BCUT2D eigenvalue weighted by Crippen LogP contribution is -2.49. The van der Waals surface area contributed by atoms with Crippen molar-refractivity contribution in [2.24, 2.45) is 0 Å². The molecule has 0 spiro atoms. The van der Waals surface area contributed by atoms with Gasteiger partial charge in [0.15, 0.2) is 0 Å². The molecule has 1 amide bonds. The minimum absolute atomic E-state index is 0.0170. The summed E-state index contributed by atoms with van der Waals surface area (Å²) in [5.74, 6) is -0.532.